The SMILES string of the molecule is CCCS(=O)(=O)C(C)CC(=O)OCC. The summed E-state index contributed by atoms with van der Waals surface area (Å²) in [6, 6.07) is 0. The molecule has 0 saturated heterocycles. The molecule has 0 aromatic rings. The Bertz CT molecular complexity index is 269. The Kier molecular flexibility index (Phi) is 5.76. The molecule has 0 saturated carbocycles. The summed E-state index contributed by atoms with van der Waals surface area (Å²) in [7, 11) is -3.12. The average Bonchev–Trinajstić information content (AvgIpc) is 2.04. The van der Waals surface area contributed by atoms with Crippen LogP contribution in [0.4, 0.5) is 0 Å². The lowest BCUT2D eigenvalue weighted by Gasteiger charge is -2.10. The zero-order valence-corrected chi connectivity index (χ0v) is 9.76. The van der Waals surface area contributed by atoms with Gasteiger partial charge in [-0.2, -0.15) is 0 Å². The molecule has 0 N–H and O–H groups in total. The monoisotopic (exact) mass is 222 g/mol. The summed E-state index contributed by atoms with van der Waals surface area (Å²) < 4.78 is 27.6. The number of rotatable bonds is 6. The zero-order chi connectivity index (χ0) is 11.2. The van der Waals surface area contributed by atoms with E-state index in [2.05, 4.69) is 4.74 Å². The third kappa shape index (κ3) is 4.60. The van der Waals surface area contributed by atoms with Crippen LogP contribution in [-0.2, 0) is 19.4 Å². The quantitative estimate of drug-likeness (QED) is 0.633. The highest BCUT2D eigenvalue weighted by molar-refractivity contribution is 7.92. The van der Waals surface area contributed by atoms with Crippen molar-refractivity contribution in [3.05, 3.63) is 0 Å². The second-order valence-corrected chi connectivity index (χ2v) is 5.73. The molecule has 14 heavy (non-hydrogen) atoms. The van der Waals surface area contributed by atoms with E-state index in [9.17, 15) is 13.2 Å². The first-order valence-electron chi connectivity index (χ1n) is 4.81. The maximum Gasteiger partial charge on any atom is 0.307 e. The van der Waals surface area contributed by atoms with Crippen LogP contribution in [0.1, 0.15) is 33.6 Å². The molecule has 84 valence electrons. The van der Waals surface area contributed by atoms with Crippen LogP contribution in [0, 0.1) is 0 Å². The molecule has 0 aromatic carbocycles. The topological polar surface area (TPSA) is 60.4 Å². The molecular formula is C9H18O4S. The number of hydrogen-bond donors (Lipinski definition) is 0. The third-order valence-corrected chi connectivity index (χ3v) is 4.23. The smallest absolute Gasteiger partial charge is 0.307 e. The van der Waals surface area contributed by atoms with Gasteiger partial charge in [0, 0.05) is 0 Å². The molecule has 0 aliphatic rings. The van der Waals surface area contributed by atoms with E-state index in [1.165, 1.54) is 0 Å². The van der Waals surface area contributed by atoms with Gasteiger partial charge in [-0.1, -0.05) is 6.92 Å². The maximum absolute atomic E-state index is 11.5. The van der Waals surface area contributed by atoms with Gasteiger partial charge < -0.3 is 4.74 Å². The van der Waals surface area contributed by atoms with Gasteiger partial charge in [0.05, 0.1) is 24.0 Å². The summed E-state index contributed by atoms with van der Waals surface area (Å²) in [4.78, 5) is 11.0. The van der Waals surface area contributed by atoms with Gasteiger partial charge in [0.2, 0.25) is 0 Å². The summed E-state index contributed by atoms with van der Waals surface area (Å²) in [6.07, 6.45) is 0.533. The van der Waals surface area contributed by atoms with Crippen molar-refractivity contribution in [1.82, 2.24) is 0 Å². The summed E-state index contributed by atoms with van der Waals surface area (Å²) in [5, 5.41) is -0.638. The van der Waals surface area contributed by atoms with Gasteiger partial charge in [0.15, 0.2) is 9.84 Å². The highest BCUT2D eigenvalue weighted by Crippen LogP contribution is 2.08. The Morgan fingerprint density at radius 2 is 1.93 bits per heavy atom. The fourth-order valence-electron chi connectivity index (χ4n) is 1.07. The van der Waals surface area contributed by atoms with E-state index in [1.54, 1.807) is 20.8 Å². The number of ether oxygens (including phenoxy) is 1. The molecule has 0 aliphatic heterocycles. The molecule has 0 bridgehead atoms. The molecule has 1 atom stereocenters. The highest BCUT2D eigenvalue weighted by Gasteiger charge is 2.22. The predicted octanol–water partition coefficient (Wildman–Crippen LogP) is 1.15. The van der Waals surface area contributed by atoms with E-state index in [-0.39, 0.29) is 12.2 Å². The van der Waals surface area contributed by atoms with Crippen molar-refractivity contribution in [1.29, 1.82) is 0 Å². The van der Waals surface area contributed by atoms with Crippen LogP contribution in [0.3, 0.4) is 0 Å². The van der Waals surface area contributed by atoms with Crippen LogP contribution >= 0.6 is 0 Å². The van der Waals surface area contributed by atoms with Crippen LogP contribution in [0.5, 0.6) is 0 Å². The zero-order valence-electron chi connectivity index (χ0n) is 8.95. The van der Waals surface area contributed by atoms with Crippen molar-refractivity contribution >= 4 is 15.8 Å². The highest BCUT2D eigenvalue weighted by atomic mass is 32.2. The minimum Gasteiger partial charge on any atom is -0.466 e. The Morgan fingerprint density at radius 3 is 2.36 bits per heavy atom. The predicted molar refractivity (Wildman–Crippen MR) is 54.8 cm³/mol. The van der Waals surface area contributed by atoms with Gasteiger partial charge in [0.25, 0.3) is 0 Å². The Labute approximate surface area is 85.6 Å². The van der Waals surface area contributed by atoms with Crippen molar-refractivity contribution in [2.75, 3.05) is 12.4 Å². The molecule has 4 nitrogen and oxygen atoms in total. The summed E-state index contributed by atoms with van der Waals surface area (Å²) in [6.45, 7) is 5.33. The van der Waals surface area contributed by atoms with E-state index in [0.29, 0.717) is 13.0 Å². The lowest BCUT2D eigenvalue weighted by Crippen LogP contribution is -2.24. The van der Waals surface area contributed by atoms with Gasteiger partial charge in [-0.25, -0.2) is 8.42 Å². The van der Waals surface area contributed by atoms with E-state index in [1.807, 2.05) is 0 Å². The van der Waals surface area contributed by atoms with Crippen molar-refractivity contribution in [3.63, 3.8) is 0 Å². The Hall–Kier alpha value is -0.580. The summed E-state index contributed by atoms with van der Waals surface area (Å²) >= 11 is 0. The van der Waals surface area contributed by atoms with E-state index < -0.39 is 21.1 Å². The molecule has 0 aliphatic carbocycles. The van der Waals surface area contributed by atoms with Gasteiger partial charge in [-0.3, -0.25) is 4.79 Å². The number of esters is 1. The summed E-state index contributed by atoms with van der Waals surface area (Å²) in [5.74, 6) is -0.312. The van der Waals surface area contributed by atoms with Gasteiger partial charge >= 0.3 is 5.97 Å². The van der Waals surface area contributed by atoms with Crippen LogP contribution < -0.4 is 0 Å². The largest absolute Gasteiger partial charge is 0.466 e. The van der Waals surface area contributed by atoms with Crippen molar-refractivity contribution in [2.24, 2.45) is 0 Å². The minimum atomic E-state index is -3.12. The van der Waals surface area contributed by atoms with Crippen LogP contribution in [0.2, 0.25) is 0 Å². The Balaban J connectivity index is 4.20. The third-order valence-electron chi connectivity index (χ3n) is 1.86. The first kappa shape index (κ1) is 13.4. The second kappa shape index (κ2) is 6.01. The second-order valence-electron chi connectivity index (χ2n) is 3.19. The lowest BCUT2D eigenvalue weighted by atomic mass is 10.3. The van der Waals surface area contributed by atoms with Gasteiger partial charge in [-0.05, 0) is 20.3 Å². The molecular weight excluding hydrogens is 204 g/mol. The van der Waals surface area contributed by atoms with Gasteiger partial charge in [0.1, 0.15) is 0 Å². The van der Waals surface area contributed by atoms with Gasteiger partial charge in [-0.15, -0.1) is 0 Å². The molecule has 0 rings (SSSR count). The molecule has 5 heteroatoms. The van der Waals surface area contributed by atoms with Crippen molar-refractivity contribution in [3.8, 4) is 0 Å². The van der Waals surface area contributed by atoms with Crippen molar-refractivity contribution < 1.29 is 17.9 Å². The molecule has 0 spiro atoms. The lowest BCUT2D eigenvalue weighted by molar-refractivity contribution is -0.143. The van der Waals surface area contributed by atoms with E-state index in [4.69, 9.17) is 0 Å². The van der Waals surface area contributed by atoms with Crippen LogP contribution in [-0.4, -0.2) is 32.0 Å². The van der Waals surface area contributed by atoms with E-state index >= 15 is 0 Å². The fraction of sp³-hybridized carbons (Fsp3) is 0.889. The Morgan fingerprint density at radius 1 is 1.36 bits per heavy atom. The standard InChI is InChI=1S/C9H18O4S/c1-4-6-14(11,12)8(3)7-9(10)13-5-2/h8H,4-7H2,1-3H3. The first-order valence-corrected chi connectivity index (χ1v) is 6.52. The molecule has 0 aromatic heterocycles. The van der Waals surface area contributed by atoms with Crippen molar-refractivity contribution in [2.45, 2.75) is 38.9 Å². The number of carbonyl (C=O) groups excluding carboxylic acids is 1. The molecule has 0 amide bonds. The van der Waals surface area contributed by atoms with Crippen LogP contribution in [0.15, 0.2) is 0 Å². The maximum atomic E-state index is 11.5. The number of sulfone groups is 1. The average molecular weight is 222 g/mol. The summed E-state index contributed by atoms with van der Waals surface area (Å²) in [5.41, 5.74) is 0. The minimum absolute atomic E-state index is 0.0455. The number of hydrogen-bond acceptors (Lipinski definition) is 4. The molecule has 1 unspecified atom stereocenters. The normalized spacial score (nSPS) is 13.6. The molecule has 0 radical (unpaired) electrons. The molecule has 0 fully saturated rings. The van der Waals surface area contributed by atoms with Crippen LogP contribution in [0.25, 0.3) is 0 Å². The molecule has 0 heterocycles. The fourth-order valence-corrected chi connectivity index (χ4v) is 2.43. The van der Waals surface area contributed by atoms with E-state index in [0.717, 1.165) is 0 Å². The first-order chi connectivity index (χ1) is 6.44. The number of carbonyl (C=O) groups is 1.